The van der Waals surface area contributed by atoms with E-state index in [-0.39, 0.29) is 12.4 Å². The highest BCUT2D eigenvalue weighted by molar-refractivity contribution is 5.85. The van der Waals surface area contributed by atoms with Gasteiger partial charge in [-0.2, -0.15) is 5.10 Å². The lowest BCUT2D eigenvalue weighted by atomic mass is 10.1. The number of halogens is 1. The molecule has 0 aliphatic heterocycles. The molecule has 2 heterocycles. The molecule has 0 amide bonds. The maximum atomic E-state index is 8.34. The summed E-state index contributed by atoms with van der Waals surface area (Å²) in [5, 5.41) is 19.2. The summed E-state index contributed by atoms with van der Waals surface area (Å²) < 4.78 is 0. The van der Waals surface area contributed by atoms with Gasteiger partial charge in [0.1, 0.15) is 5.69 Å². The second-order valence-electron chi connectivity index (χ2n) is 3.56. The quantitative estimate of drug-likeness (QED) is 0.520. The van der Waals surface area contributed by atoms with E-state index >= 15 is 0 Å². The van der Waals surface area contributed by atoms with Crippen LogP contribution in [-0.4, -0.2) is 26.6 Å². The van der Waals surface area contributed by atoms with Crippen LogP contribution in [0.25, 0.3) is 0 Å². The normalized spacial score (nSPS) is 10.2. The third kappa shape index (κ3) is 4.10. The minimum absolute atomic E-state index is 0. The van der Waals surface area contributed by atoms with E-state index in [9.17, 15) is 0 Å². The van der Waals surface area contributed by atoms with Crippen LogP contribution in [0.15, 0.2) is 41.8 Å². The lowest BCUT2D eigenvalue weighted by Crippen LogP contribution is -1.99. The van der Waals surface area contributed by atoms with Gasteiger partial charge in [-0.1, -0.05) is 11.2 Å². The van der Waals surface area contributed by atoms with Crippen LogP contribution in [0.3, 0.4) is 0 Å². The number of aryl methyl sites for hydroxylation is 2. The van der Waals surface area contributed by atoms with Gasteiger partial charge in [-0.15, -0.1) is 17.5 Å². The SMILES string of the molecule is Cl.O/N=C/c1ccc(CCc2cccnc2)nn1. The van der Waals surface area contributed by atoms with Crippen LogP contribution in [0, 0.1) is 0 Å². The zero-order valence-electron chi connectivity index (χ0n) is 9.60. The van der Waals surface area contributed by atoms with Gasteiger partial charge in [-0.3, -0.25) is 4.98 Å². The van der Waals surface area contributed by atoms with E-state index in [1.165, 1.54) is 11.8 Å². The molecule has 18 heavy (non-hydrogen) atoms. The number of hydrogen-bond donors (Lipinski definition) is 1. The Morgan fingerprint density at radius 2 is 2.06 bits per heavy atom. The summed E-state index contributed by atoms with van der Waals surface area (Å²) >= 11 is 0. The summed E-state index contributed by atoms with van der Waals surface area (Å²) in [6, 6.07) is 7.60. The van der Waals surface area contributed by atoms with Gasteiger partial charge < -0.3 is 5.21 Å². The fourth-order valence-electron chi connectivity index (χ4n) is 1.45. The Bertz CT molecular complexity index is 487. The standard InChI is InChI=1S/C12H12N4O.ClH/c17-14-9-12-6-5-11(15-16-12)4-3-10-2-1-7-13-8-10;/h1-2,5-9,17H,3-4H2;1H/b14-9+;. The Kier molecular flexibility index (Phi) is 5.73. The van der Waals surface area contributed by atoms with Crippen LogP contribution in [0.5, 0.6) is 0 Å². The van der Waals surface area contributed by atoms with E-state index < -0.39 is 0 Å². The predicted molar refractivity (Wildman–Crippen MR) is 70.3 cm³/mol. The van der Waals surface area contributed by atoms with E-state index in [4.69, 9.17) is 5.21 Å². The molecule has 0 unspecified atom stereocenters. The summed E-state index contributed by atoms with van der Waals surface area (Å²) in [7, 11) is 0. The second kappa shape index (κ2) is 7.34. The summed E-state index contributed by atoms with van der Waals surface area (Å²) in [5.41, 5.74) is 2.62. The van der Waals surface area contributed by atoms with Crippen molar-refractivity contribution in [2.45, 2.75) is 12.8 Å². The largest absolute Gasteiger partial charge is 0.411 e. The van der Waals surface area contributed by atoms with Crippen LogP contribution in [0.2, 0.25) is 0 Å². The van der Waals surface area contributed by atoms with Crippen LogP contribution in [-0.2, 0) is 12.8 Å². The number of aromatic nitrogens is 3. The topological polar surface area (TPSA) is 71.3 Å². The van der Waals surface area contributed by atoms with Crippen LogP contribution < -0.4 is 0 Å². The smallest absolute Gasteiger partial charge is 0.107 e. The highest BCUT2D eigenvalue weighted by Crippen LogP contribution is 2.03. The summed E-state index contributed by atoms with van der Waals surface area (Å²) in [4.78, 5) is 4.05. The minimum Gasteiger partial charge on any atom is -0.411 e. The maximum Gasteiger partial charge on any atom is 0.107 e. The molecule has 2 rings (SSSR count). The van der Waals surface area contributed by atoms with Crippen molar-refractivity contribution in [2.24, 2.45) is 5.16 Å². The number of rotatable bonds is 4. The molecule has 6 heteroatoms. The Labute approximate surface area is 111 Å². The summed E-state index contributed by atoms with van der Waals surface area (Å²) in [6.45, 7) is 0. The van der Waals surface area contributed by atoms with Gasteiger partial charge in [-0.05, 0) is 36.6 Å². The molecule has 0 bridgehead atoms. The highest BCUT2D eigenvalue weighted by atomic mass is 35.5. The average molecular weight is 265 g/mol. The molecule has 0 radical (unpaired) electrons. The molecule has 0 fully saturated rings. The molecule has 2 aromatic heterocycles. The molecule has 0 aromatic carbocycles. The van der Waals surface area contributed by atoms with E-state index in [1.807, 2.05) is 24.4 Å². The zero-order valence-corrected chi connectivity index (χ0v) is 10.4. The maximum absolute atomic E-state index is 8.34. The first kappa shape index (κ1) is 14.1. The van der Waals surface area contributed by atoms with E-state index in [0.717, 1.165) is 18.5 Å². The van der Waals surface area contributed by atoms with Crippen molar-refractivity contribution in [2.75, 3.05) is 0 Å². The zero-order chi connectivity index (χ0) is 11.9. The third-order valence-electron chi connectivity index (χ3n) is 2.32. The van der Waals surface area contributed by atoms with Gasteiger partial charge in [0.2, 0.25) is 0 Å². The van der Waals surface area contributed by atoms with E-state index in [1.54, 1.807) is 12.3 Å². The number of oxime groups is 1. The molecular weight excluding hydrogens is 252 g/mol. The van der Waals surface area contributed by atoms with E-state index in [0.29, 0.717) is 5.69 Å². The number of pyridine rings is 1. The molecule has 0 atom stereocenters. The minimum atomic E-state index is 0. The van der Waals surface area contributed by atoms with Gasteiger partial charge in [-0.25, -0.2) is 0 Å². The molecule has 1 N–H and O–H groups in total. The molecule has 0 spiro atoms. The van der Waals surface area contributed by atoms with Gasteiger partial charge in [0.05, 0.1) is 11.9 Å². The third-order valence-corrected chi connectivity index (χ3v) is 2.32. The summed E-state index contributed by atoms with van der Waals surface area (Å²) in [5.74, 6) is 0. The molecule has 0 saturated heterocycles. The predicted octanol–water partition coefficient (Wildman–Crippen LogP) is 1.89. The summed E-state index contributed by atoms with van der Waals surface area (Å²) in [6.07, 6.45) is 6.55. The van der Waals surface area contributed by atoms with Crippen LogP contribution in [0.1, 0.15) is 17.0 Å². The lowest BCUT2D eigenvalue weighted by molar-refractivity contribution is 0.321. The van der Waals surface area contributed by atoms with Crippen molar-refractivity contribution < 1.29 is 5.21 Å². The van der Waals surface area contributed by atoms with E-state index in [2.05, 4.69) is 20.3 Å². The first-order valence-corrected chi connectivity index (χ1v) is 5.27. The lowest BCUT2D eigenvalue weighted by Gasteiger charge is -2.00. The highest BCUT2D eigenvalue weighted by Gasteiger charge is 1.98. The molecule has 94 valence electrons. The van der Waals surface area contributed by atoms with Gasteiger partial charge in [0.15, 0.2) is 0 Å². The van der Waals surface area contributed by atoms with Crippen LogP contribution in [0.4, 0.5) is 0 Å². The van der Waals surface area contributed by atoms with Crippen LogP contribution >= 0.6 is 12.4 Å². The fourth-order valence-corrected chi connectivity index (χ4v) is 1.45. The molecule has 0 saturated carbocycles. The molecule has 0 aliphatic rings. The van der Waals surface area contributed by atoms with Crippen molar-refractivity contribution >= 4 is 18.6 Å². The molecule has 5 nitrogen and oxygen atoms in total. The first-order chi connectivity index (χ1) is 8.38. The van der Waals surface area contributed by atoms with Crippen molar-refractivity contribution in [3.63, 3.8) is 0 Å². The first-order valence-electron chi connectivity index (χ1n) is 5.27. The number of nitrogens with zero attached hydrogens (tertiary/aromatic N) is 4. The molecule has 0 aliphatic carbocycles. The number of hydrogen-bond acceptors (Lipinski definition) is 5. The van der Waals surface area contributed by atoms with Crippen molar-refractivity contribution in [1.82, 2.24) is 15.2 Å². The Hall–Kier alpha value is -2.01. The van der Waals surface area contributed by atoms with Gasteiger partial charge in [0.25, 0.3) is 0 Å². The second-order valence-corrected chi connectivity index (χ2v) is 3.56. The Morgan fingerprint density at radius 3 is 2.67 bits per heavy atom. The van der Waals surface area contributed by atoms with Gasteiger partial charge >= 0.3 is 0 Å². The van der Waals surface area contributed by atoms with Crippen molar-refractivity contribution in [1.29, 1.82) is 0 Å². The fraction of sp³-hybridized carbons (Fsp3) is 0.167. The van der Waals surface area contributed by atoms with Crippen molar-refractivity contribution in [3.8, 4) is 0 Å². The molecule has 2 aromatic rings. The monoisotopic (exact) mass is 264 g/mol. The molecular formula is C12H13ClN4O. The average Bonchev–Trinajstić information content (AvgIpc) is 2.40. The van der Waals surface area contributed by atoms with Crippen molar-refractivity contribution in [3.05, 3.63) is 53.6 Å². The Morgan fingerprint density at radius 1 is 1.17 bits per heavy atom. The van der Waals surface area contributed by atoms with Gasteiger partial charge in [0, 0.05) is 12.4 Å². The Balaban J connectivity index is 0.00000162.